The van der Waals surface area contributed by atoms with Gasteiger partial charge in [0.25, 0.3) is 5.91 Å². The number of benzene rings is 1. The molecule has 0 radical (unpaired) electrons. The molecule has 0 saturated carbocycles. The van der Waals surface area contributed by atoms with Crippen LogP contribution in [0.2, 0.25) is 5.02 Å². The predicted octanol–water partition coefficient (Wildman–Crippen LogP) is 4.38. The molecular weight excluding hydrogens is 346 g/mol. The van der Waals surface area contributed by atoms with Crippen molar-refractivity contribution in [1.82, 2.24) is 0 Å². The van der Waals surface area contributed by atoms with E-state index >= 15 is 0 Å². The Balaban J connectivity index is 1.63. The van der Waals surface area contributed by atoms with Crippen molar-refractivity contribution in [1.29, 1.82) is 0 Å². The second-order valence-electron chi connectivity index (χ2n) is 5.86. The van der Waals surface area contributed by atoms with E-state index in [1.165, 1.54) is 21.8 Å². The smallest absolute Gasteiger partial charge is 0.349 e. The molecule has 0 bridgehead atoms. The second kappa shape index (κ2) is 6.95. The normalized spacial score (nSPS) is 14.1. The van der Waals surface area contributed by atoms with Crippen LogP contribution in [0.3, 0.4) is 0 Å². The number of anilines is 1. The minimum atomic E-state index is -0.882. The maximum Gasteiger partial charge on any atom is 0.349 e. The summed E-state index contributed by atoms with van der Waals surface area (Å²) in [5.74, 6) is -0.822. The van der Waals surface area contributed by atoms with E-state index < -0.39 is 12.1 Å². The SMILES string of the molecule is Cc1c(Cl)cccc1NC(=O)[C@@H](C)OC(=O)c1cc2c(s1)CCC2. The van der Waals surface area contributed by atoms with Gasteiger partial charge in [-0.3, -0.25) is 4.79 Å². The molecule has 1 aliphatic rings. The fraction of sp³-hybridized carbons (Fsp3) is 0.333. The molecule has 0 aliphatic heterocycles. The molecule has 1 N–H and O–H groups in total. The summed E-state index contributed by atoms with van der Waals surface area (Å²) in [6.45, 7) is 3.39. The Hall–Kier alpha value is -1.85. The Labute approximate surface area is 149 Å². The van der Waals surface area contributed by atoms with Crippen LogP contribution in [0.1, 0.15) is 39.0 Å². The predicted molar refractivity (Wildman–Crippen MR) is 96.0 cm³/mol. The van der Waals surface area contributed by atoms with Gasteiger partial charge in [-0.1, -0.05) is 17.7 Å². The van der Waals surface area contributed by atoms with Crippen molar-refractivity contribution >= 4 is 40.5 Å². The van der Waals surface area contributed by atoms with Crippen LogP contribution in [-0.2, 0) is 22.4 Å². The number of fused-ring (bicyclic) bond motifs is 1. The Morgan fingerprint density at radius 2 is 2.12 bits per heavy atom. The van der Waals surface area contributed by atoms with Gasteiger partial charge in [-0.05, 0) is 62.4 Å². The maximum atomic E-state index is 12.3. The fourth-order valence-electron chi connectivity index (χ4n) is 2.68. The zero-order valence-corrected chi connectivity index (χ0v) is 15.1. The van der Waals surface area contributed by atoms with Crippen molar-refractivity contribution in [2.75, 3.05) is 5.32 Å². The molecule has 3 rings (SSSR count). The molecule has 1 heterocycles. The first-order valence-corrected chi connectivity index (χ1v) is 9.03. The number of thiophene rings is 1. The maximum absolute atomic E-state index is 12.3. The number of carbonyl (C=O) groups is 2. The average molecular weight is 364 g/mol. The van der Waals surface area contributed by atoms with Gasteiger partial charge in [0.05, 0.1) is 0 Å². The van der Waals surface area contributed by atoms with Crippen LogP contribution in [0, 0.1) is 6.92 Å². The fourth-order valence-corrected chi connectivity index (χ4v) is 3.99. The molecule has 1 amide bonds. The van der Waals surface area contributed by atoms with Gasteiger partial charge in [-0.15, -0.1) is 11.3 Å². The molecule has 126 valence electrons. The summed E-state index contributed by atoms with van der Waals surface area (Å²) in [6.07, 6.45) is 2.31. The number of nitrogens with one attached hydrogen (secondary N) is 1. The molecule has 1 aromatic heterocycles. The van der Waals surface area contributed by atoms with E-state index in [9.17, 15) is 9.59 Å². The molecule has 0 spiro atoms. The first-order valence-electron chi connectivity index (χ1n) is 7.84. The minimum absolute atomic E-state index is 0.377. The summed E-state index contributed by atoms with van der Waals surface area (Å²) in [6, 6.07) is 7.17. The second-order valence-corrected chi connectivity index (χ2v) is 7.41. The van der Waals surface area contributed by atoms with Crippen LogP contribution in [0.5, 0.6) is 0 Å². The summed E-state index contributed by atoms with van der Waals surface area (Å²) in [5.41, 5.74) is 2.63. The monoisotopic (exact) mass is 363 g/mol. The van der Waals surface area contributed by atoms with Gasteiger partial charge in [-0.25, -0.2) is 4.79 Å². The van der Waals surface area contributed by atoms with Crippen LogP contribution < -0.4 is 5.32 Å². The summed E-state index contributed by atoms with van der Waals surface area (Å²) in [5, 5.41) is 3.32. The molecule has 0 fully saturated rings. The number of hydrogen-bond donors (Lipinski definition) is 1. The molecule has 1 aromatic carbocycles. The van der Waals surface area contributed by atoms with Crippen molar-refractivity contribution in [3.05, 3.63) is 50.2 Å². The lowest BCUT2D eigenvalue weighted by Crippen LogP contribution is -2.30. The van der Waals surface area contributed by atoms with E-state index in [1.807, 2.05) is 13.0 Å². The standard InChI is InChI=1S/C18H18ClNO3S/c1-10-13(19)6-4-7-14(10)20-17(21)11(2)23-18(22)16-9-12-5-3-8-15(12)24-16/h4,6-7,9,11H,3,5,8H2,1-2H3,(H,20,21)/t11-/m1/s1. The van der Waals surface area contributed by atoms with Crippen molar-refractivity contribution in [3.8, 4) is 0 Å². The Kier molecular flexibility index (Phi) is 4.92. The van der Waals surface area contributed by atoms with E-state index in [1.54, 1.807) is 25.1 Å². The topological polar surface area (TPSA) is 55.4 Å². The number of amides is 1. The number of halogens is 1. The molecule has 1 aliphatic carbocycles. The number of aryl methyl sites for hydroxylation is 2. The first kappa shape index (κ1) is 17.0. The van der Waals surface area contributed by atoms with Crippen LogP contribution in [0.15, 0.2) is 24.3 Å². The van der Waals surface area contributed by atoms with Gasteiger partial charge in [0.15, 0.2) is 6.10 Å². The highest BCUT2D eigenvalue weighted by molar-refractivity contribution is 7.14. The zero-order chi connectivity index (χ0) is 17.3. The third-order valence-corrected chi connectivity index (χ3v) is 5.75. The van der Waals surface area contributed by atoms with E-state index in [0.29, 0.717) is 15.6 Å². The molecule has 0 unspecified atom stereocenters. The molecular formula is C18H18ClNO3S. The van der Waals surface area contributed by atoms with Gasteiger partial charge >= 0.3 is 5.97 Å². The largest absolute Gasteiger partial charge is 0.448 e. The Bertz CT molecular complexity index is 778. The first-order chi connectivity index (χ1) is 11.5. The molecule has 6 heteroatoms. The van der Waals surface area contributed by atoms with Crippen molar-refractivity contribution in [3.63, 3.8) is 0 Å². The van der Waals surface area contributed by atoms with E-state index in [2.05, 4.69) is 5.32 Å². The van der Waals surface area contributed by atoms with Crippen molar-refractivity contribution < 1.29 is 14.3 Å². The van der Waals surface area contributed by atoms with Crippen LogP contribution in [0.4, 0.5) is 5.69 Å². The zero-order valence-electron chi connectivity index (χ0n) is 13.5. The Morgan fingerprint density at radius 3 is 2.88 bits per heavy atom. The summed E-state index contributed by atoms with van der Waals surface area (Å²) >= 11 is 7.51. The minimum Gasteiger partial charge on any atom is -0.448 e. The third-order valence-electron chi connectivity index (χ3n) is 4.13. The molecule has 2 aromatic rings. The van der Waals surface area contributed by atoms with Gasteiger partial charge < -0.3 is 10.1 Å². The number of ether oxygens (including phenoxy) is 1. The number of hydrogen-bond acceptors (Lipinski definition) is 4. The van der Waals surface area contributed by atoms with Crippen molar-refractivity contribution in [2.45, 2.75) is 39.2 Å². The van der Waals surface area contributed by atoms with Crippen LogP contribution in [-0.4, -0.2) is 18.0 Å². The highest BCUT2D eigenvalue weighted by Crippen LogP contribution is 2.31. The molecule has 4 nitrogen and oxygen atoms in total. The van der Waals surface area contributed by atoms with Gasteiger partial charge in [0.2, 0.25) is 0 Å². The van der Waals surface area contributed by atoms with Crippen LogP contribution in [0.25, 0.3) is 0 Å². The van der Waals surface area contributed by atoms with Crippen molar-refractivity contribution in [2.24, 2.45) is 0 Å². The lowest BCUT2D eigenvalue weighted by atomic mass is 10.2. The third kappa shape index (κ3) is 3.47. The molecule has 24 heavy (non-hydrogen) atoms. The molecule has 1 atom stereocenters. The number of rotatable bonds is 4. The van der Waals surface area contributed by atoms with Crippen LogP contribution >= 0.6 is 22.9 Å². The average Bonchev–Trinajstić information content (AvgIpc) is 3.13. The molecule has 0 saturated heterocycles. The Morgan fingerprint density at radius 1 is 1.33 bits per heavy atom. The summed E-state index contributed by atoms with van der Waals surface area (Å²) in [4.78, 5) is 26.3. The van der Waals surface area contributed by atoms with Gasteiger partial charge in [0.1, 0.15) is 4.88 Å². The lowest BCUT2D eigenvalue weighted by Gasteiger charge is -2.14. The summed E-state index contributed by atoms with van der Waals surface area (Å²) < 4.78 is 5.30. The van der Waals surface area contributed by atoms with E-state index in [0.717, 1.165) is 24.8 Å². The number of carbonyl (C=O) groups excluding carboxylic acids is 2. The summed E-state index contributed by atoms with van der Waals surface area (Å²) in [7, 11) is 0. The lowest BCUT2D eigenvalue weighted by molar-refractivity contribution is -0.123. The van der Waals surface area contributed by atoms with E-state index in [4.69, 9.17) is 16.3 Å². The van der Waals surface area contributed by atoms with Gasteiger partial charge in [-0.2, -0.15) is 0 Å². The van der Waals surface area contributed by atoms with Gasteiger partial charge in [0, 0.05) is 15.6 Å². The quantitative estimate of drug-likeness (QED) is 0.820. The highest BCUT2D eigenvalue weighted by Gasteiger charge is 2.23. The van der Waals surface area contributed by atoms with E-state index in [-0.39, 0.29) is 5.91 Å². The number of esters is 1. The highest BCUT2D eigenvalue weighted by atomic mass is 35.5.